The van der Waals surface area contributed by atoms with Crippen LogP contribution in [-0.4, -0.2) is 5.11 Å². The maximum absolute atomic E-state index is 12.8. The van der Waals surface area contributed by atoms with Crippen LogP contribution in [0.25, 0.3) is 0 Å². The zero-order valence-electron chi connectivity index (χ0n) is 11.9. The summed E-state index contributed by atoms with van der Waals surface area (Å²) in [4.78, 5) is 0. The van der Waals surface area contributed by atoms with Crippen molar-refractivity contribution >= 4 is 0 Å². The van der Waals surface area contributed by atoms with E-state index in [1.165, 1.54) is 12.1 Å². The molecule has 0 aliphatic heterocycles. The van der Waals surface area contributed by atoms with Crippen molar-refractivity contribution in [3.05, 3.63) is 70.8 Å². The minimum absolute atomic E-state index is 0.253. The number of aliphatic hydroxyl groups is 1. The zero-order chi connectivity index (χ0) is 15.7. The first-order chi connectivity index (χ1) is 9.77. The monoisotopic (exact) mass is 294 g/mol. The van der Waals surface area contributed by atoms with Gasteiger partial charge < -0.3 is 5.11 Å². The predicted octanol–water partition coefficient (Wildman–Crippen LogP) is 4.66. The molecule has 2 aromatic carbocycles. The summed E-state index contributed by atoms with van der Waals surface area (Å²) in [6.07, 6.45) is -4.13. The zero-order valence-corrected chi connectivity index (χ0v) is 11.9. The third kappa shape index (κ3) is 3.10. The second-order valence-electron chi connectivity index (χ2n) is 5.16. The molecule has 0 fully saturated rings. The number of alkyl halides is 3. The van der Waals surface area contributed by atoms with E-state index in [9.17, 15) is 18.3 Å². The molecule has 4 heteroatoms. The number of hydrogen-bond acceptors (Lipinski definition) is 1. The van der Waals surface area contributed by atoms with Gasteiger partial charge >= 0.3 is 6.18 Å². The molecular formula is C17H17F3O. The van der Waals surface area contributed by atoms with E-state index in [1.807, 2.05) is 19.1 Å². The van der Waals surface area contributed by atoms with E-state index in [2.05, 4.69) is 0 Å². The van der Waals surface area contributed by atoms with Crippen LogP contribution < -0.4 is 0 Å². The topological polar surface area (TPSA) is 20.2 Å². The highest BCUT2D eigenvalue weighted by molar-refractivity contribution is 5.39. The van der Waals surface area contributed by atoms with Gasteiger partial charge in [0, 0.05) is 0 Å². The van der Waals surface area contributed by atoms with Gasteiger partial charge in [-0.2, -0.15) is 13.2 Å². The molecule has 21 heavy (non-hydrogen) atoms. The summed E-state index contributed by atoms with van der Waals surface area (Å²) >= 11 is 0. The van der Waals surface area contributed by atoms with Gasteiger partial charge in [-0.1, -0.05) is 48.9 Å². The molecule has 0 aliphatic rings. The van der Waals surface area contributed by atoms with E-state index in [4.69, 9.17) is 0 Å². The molecule has 1 nitrogen and oxygen atoms in total. The Morgan fingerprint density at radius 2 is 1.48 bits per heavy atom. The van der Waals surface area contributed by atoms with Gasteiger partial charge in [0.25, 0.3) is 0 Å². The molecule has 0 spiro atoms. The van der Waals surface area contributed by atoms with Crippen LogP contribution in [0.4, 0.5) is 13.2 Å². The smallest absolute Gasteiger partial charge is 0.380 e. The summed E-state index contributed by atoms with van der Waals surface area (Å²) in [6, 6.07) is 12.1. The number of halogens is 3. The lowest BCUT2D eigenvalue weighted by Gasteiger charge is -2.29. The quantitative estimate of drug-likeness (QED) is 0.873. The van der Waals surface area contributed by atoms with Crippen molar-refractivity contribution in [3.63, 3.8) is 0 Å². The van der Waals surface area contributed by atoms with Crippen molar-refractivity contribution in [1.82, 2.24) is 0 Å². The lowest BCUT2D eigenvalue weighted by Crippen LogP contribution is -2.26. The normalized spacial score (nSPS) is 14.8. The van der Waals surface area contributed by atoms with E-state index < -0.39 is 17.3 Å². The van der Waals surface area contributed by atoms with E-state index in [1.54, 1.807) is 19.1 Å². The van der Waals surface area contributed by atoms with Gasteiger partial charge in [0.1, 0.15) is 5.60 Å². The SMILES string of the molecule is CCC(O)(c1ccc(C)cc1)c1cccc(C(F)(F)F)c1. The fourth-order valence-electron chi connectivity index (χ4n) is 2.36. The van der Waals surface area contributed by atoms with Gasteiger partial charge in [0.05, 0.1) is 5.56 Å². The molecule has 0 radical (unpaired) electrons. The van der Waals surface area contributed by atoms with Crippen molar-refractivity contribution in [2.45, 2.75) is 32.0 Å². The van der Waals surface area contributed by atoms with Crippen molar-refractivity contribution < 1.29 is 18.3 Å². The highest BCUT2D eigenvalue weighted by Crippen LogP contribution is 2.36. The molecule has 0 saturated heterocycles. The summed E-state index contributed by atoms with van der Waals surface area (Å²) in [5.74, 6) is 0. The average molecular weight is 294 g/mol. The van der Waals surface area contributed by atoms with Crippen LogP contribution in [0, 0.1) is 6.92 Å². The van der Waals surface area contributed by atoms with Gasteiger partial charge in [0.15, 0.2) is 0 Å². The fourth-order valence-corrected chi connectivity index (χ4v) is 2.36. The largest absolute Gasteiger partial charge is 0.416 e. The minimum atomic E-state index is -4.42. The molecule has 2 aromatic rings. The molecular weight excluding hydrogens is 277 g/mol. The second kappa shape index (κ2) is 5.53. The highest BCUT2D eigenvalue weighted by Gasteiger charge is 2.34. The molecule has 112 valence electrons. The standard InChI is InChI=1S/C17H17F3O/c1-3-16(21,13-9-7-12(2)8-10-13)14-5-4-6-15(11-14)17(18,19)20/h4-11,21H,3H2,1-2H3. The lowest BCUT2D eigenvalue weighted by atomic mass is 9.83. The average Bonchev–Trinajstić information content (AvgIpc) is 2.46. The number of benzene rings is 2. The van der Waals surface area contributed by atoms with E-state index in [-0.39, 0.29) is 12.0 Å². The Morgan fingerprint density at radius 3 is 2.00 bits per heavy atom. The van der Waals surface area contributed by atoms with Crippen LogP contribution >= 0.6 is 0 Å². The number of hydrogen-bond donors (Lipinski definition) is 1. The number of rotatable bonds is 3. The summed E-state index contributed by atoms with van der Waals surface area (Å²) in [5.41, 5.74) is -0.298. The lowest BCUT2D eigenvalue weighted by molar-refractivity contribution is -0.137. The minimum Gasteiger partial charge on any atom is -0.380 e. The van der Waals surface area contributed by atoms with Crippen molar-refractivity contribution in [3.8, 4) is 0 Å². The maximum atomic E-state index is 12.8. The molecule has 1 N–H and O–H groups in total. The Bertz CT molecular complexity index is 617. The van der Waals surface area contributed by atoms with Gasteiger partial charge in [-0.25, -0.2) is 0 Å². The molecule has 1 atom stereocenters. The molecule has 0 saturated carbocycles. The van der Waals surface area contributed by atoms with E-state index in [0.29, 0.717) is 5.56 Å². The van der Waals surface area contributed by atoms with Gasteiger partial charge in [-0.05, 0) is 36.6 Å². The Kier molecular flexibility index (Phi) is 4.10. The Morgan fingerprint density at radius 1 is 0.905 bits per heavy atom. The maximum Gasteiger partial charge on any atom is 0.416 e. The summed E-state index contributed by atoms with van der Waals surface area (Å²) in [7, 11) is 0. The van der Waals surface area contributed by atoms with Crippen LogP contribution in [0.5, 0.6) is 0 Å². The molecule has 0 heterocycles. The highest BCUT2D eigenvalue weighted by atomic mass is 19.4. The molecule has 0 aliphatic carbocycles. The third-order valence-corrected chi connectivity index (χ3v) is 3.71. The number of aryl methyl sites for hydroxylation is 1. The summed E-state index contributed by atoms with van der Waals surface area (Å²) < 4.78 is 38.5. The second-order valence-corrected chi connectivity index (χ2v) is 5.16. The molecule has 2 rings (SSSR count). The van der Waals surface area contributed by atoms with Gasteiger partial charge in [-0.15, -0.1) is 0 Å². The molecule has 1 unspecified atom stereocenters. The first kappa shape index (κ1) is 15.6. The Hall–Kier alpha value is -1.81. The van der Waals surface area contributed by atoms with E-state index >= 15 is 0 Å². The van der Waals surface area contributed by atoms with Gasteiger partial charge in [0.2, 0.25) is 0 Å². The van der Waals surface area contributed by atoms with Crippen LogP contribution in [0.2, 0.25) is 0 Å². The van der Waals surface area contributed by atoms with Crippen LogP contribution in [-0.2, 0) is 11.8 Å². The van der Waals surface area contributed by atoms with Gasteiger partial charge in [-0.3, -0.25) is 0 Å². The molecule has 0 amide bonds. The van der Waals surface area contributed by atoms with Crippen LogP contribution in [0.3, 0.4) is 0 Å². The first-order valence-electron chi connectivity index (χ1n) is 6.74. The Labute approximate surface area is 122 Å². The predicted molar refractivity (Wildman–Crippen MR) is 75.9 cm³/mol. The van der Waals surface area contributed by atoms with E-state index in [0.717, 1.165) is 17.7 Å². The fraction of sp³-hybridized carbons (Fsp3) is 0.294. The Balaban J connectivity index is 2.52. The summed E-state index contributed by atoms with van der Waals surface area (Å²) in [6.45, 7) is 3.67. The van der Waals surface area contributed by atoms with Crippen molar-refractivity contribution in [1.29, 1.82) is 0 Å². The first-order valence-corrected chi connectivity index (χ1v) is 6.74. The summed E-state index contributed by atoms with van der Waals surface area (Å²) in [5, 5.41) is 10.9. The third-order valence-electron chi connectivity index (χ3n) is 3.71. The molecule has 0 aromatic heterocycles. The van der Waals surface area contributed by atoms with Crippen molar-refractivity contribution in [2.24, 2.45) is 0 Å². The van der Waals surface area contributed by atoms with Crippen LogP contribution in [0.15, 0.2) is 48.5 Å². The van der Waals surface area contributed by atoms with Crippen molar-refractivity contribution in [2.75, 3.05) is 0 Å². The van der Waals surface area contributed by atoms with Crippen LogP contribution in [0.1, 0.15) is 35.6 Å². The molecule has 0 bridgehead atoms.